The number of imidazole rings is 2. The van der Waals surface area contributed by atoms with Gasteiger partial charge in [-0.1, -0.05) is 109 Å². The van der Waals surface area contributed by atoms with E-state index in [-0.39, 0.29) is 69.5 Å². The van der Waals surface area contributed by atoms with Gasteiger partial charge in [-0.25, -0.2) is 44.7 Å². The van der Waals surface area contributed by atoms with E-state index in [9.17, 15) is 15.3 Å². The average molecular weight is 1230 g/mol. The Bertz CT molecular complexity index is 3620. The van der Waals surface area contributed by atoms with E-state index in [1.54, 1.807) is 47.8 Å². The molecular weight excluding hydrogens is 1160 g/mol. The minimum absolute atomic E-state index is 0.0143. The quantitative estimate of drug-likeness (QED) is 0.0135. The third-order valence-electron chi connectivity index (χ3n) is 14.7. The Kier molecular flexibility index (Phi) is 20.9. The number of carbonyl (C=O) groups is 1. The van der Waals surface area contributed by atoms with Crippen molar-refractivity contribution < 1.29 is 32.4 Å². The molecule has 26 heteroatoms. The van der Waals surface area contributed by atoms with E-state index in [4.69, 9.17) is 54.3 Å². The number of aromatic nitrogens is 8. The maximum atomic E-state index is 13.4. The van der Waals surface area contributed by atoms with Gasteiger partial charge in [-0.15, -0.1) is 0 Å². The van der Waals surface area contributed by atoms with Crippen LogP contribution in [0.25, 0.3) is 22.3 Å². The zero-order valence-corrected chi connectivity index (χ0v) is 51.8. The molecule has 8 aromatic rings. The number of nitriles is 2. The summed E-state index contributed by atoms with van der Waals surface area (Å²) in [5, 5.41) is 30.1. The molecule has 23 nitrogen and oxygen atoms in total. The van der Waals surface area contributed by atoms with Crippen LogP contribution in [0.15, 0.2) is 152 Å². The Labute approximate surface area is 512 Å². The number of anilines is 1. The second-order valence-electron chi connectivity index (χ2n) is 21.5. The fraction of sp³-hybridized carbons (Fsp3) is 0.377. The Morgan fingerprint density at radius 3 is 1.83 bits per heavy atom. The van der Waals surface area contributed by atoms with Crippen LogP contribution in [-0.2, 0) is 44.9 Å². The van der Waals surface area contributed by atoms with E-state index in [1.165, 1.54) is 12.7 Å². The number of benzene rings is 4. The van der Waals surface area contributed by atoms with Crippen LogP contribution in [0.3, 0.4) is 0 Å². The van der Waals surface area contributed by atoms with Gasteiger partial charge in [0.2, 0.25) is 0 Å². The standard InChI is InChI=1S/C61H70N16O7P2S/c1-42(2)77(43(3)4)85(79-31-19-29-62)80-35-50-49(34-53(83-50)76-41-69-55-57(65-38-67-59(55)76)71-60(78)44-21-11-7-12-22-44)73-86(87,81-32-20-30-63)82-36-51-48(33-52(84-51)75-40-68-54-56(70-39-74(5)6)64-37-66-58(54)75)72-61(45-23-13-8-14-24-45,46-25-15-9-16-26-46)47-27-17-10-18-28-47/h7-18,21-28,37-43,48-53,72H,19-20,31-36H2,1-6H3,(H,73,87)(H,65,67,71,78)/b70-39-/t48-,49-,50-,51-,52-,53-,85?,86?/m1/s1. The molecule has 1 amide bonds. The summed E-state index contributed by atoms with van der Waals surface area (Å²) in [5.74, 6) is 0.277. The second kappa shape index (κ2) is 29.1. The number of hydrogen-bond acceptors (Lipinski definition) is 19. The summed E-state index contributed by atoms with van der Waals surface area (Å²) in [4.78, 5) is 47.4. The van der Waals surface area contributed by atoms with Crippen LogP contribution in [-0.4, -0.2) is 138 Å². The number of amides is 1. The predicted molar refractivity (Wildman–Crippen MR) is 335 cm³/mol. The van der Waals surface area contributed by atoms with Crippen molar-refractivity contribution in [2.75, 3.05) is 45.8 Å². The first-order valence-corrected chi connectivity index (χ1v) is 32.5. The number of carbonyl (C=O) groups excluding carboxylic acids is 1. The third-order valence-corrected chi connectivity index (χ3v) is 19.4. The lowest BCUT2D eigenvalue weighted by molar-refractivity contribution is -0.0252. The molecule has 8 atom stereocenters. The number of nitrogens with zero attached hydrogens (tertiary/aromatic N) is 13. The van der Waals surface area contributed by atoms with E-state index in [0.717, 1.165) is 16.7 Å². The molecule has 2 unspecified atom stereocenters. The summed E-state index contributed by atoms with van der Waals surface area (Å²) in [6.45, 7) is 4.69. The molecule has 0 aliphatic carbocycles. The van der Waals surface area contributed by atoms with Crippen molar-refractivity contribution in [3.63, 3.8) is 0 Å². The van der Waals surface area contributed by atoms with Crippen LogP contribution >= 0.6 is 15.2 Å². The second-order valence-corrected chi connectivity index (χ2v) is 26.2. The van der Waals surface area contributed by atoms with Crippen LogP contribution in [0.1, 0.15) is 92.9 Å². The van der Waals surface area contributed by atoms with Gasteiger partial charge in [-0.3, -0.25) is 19.2 Å². The summed E-state index contributed by atoms with van der Waals surface area (Å²) in [5.41, 5.74) is 4.33. The summed E-state index contributed by atoms with van der Waals surface area (Å²) >= 11 is 6.56. The van der Waals surface area contributed by atoms with Crippen molar-refractivity contribution in [2.45, 2.75) is 108 Å². The fourth-order valence-corrected chi connectivity index (χ4v) is 14.9. The van der Waals surface area contributed by atoms with Gasteiger partial charge in [0.1, 0.15) is 25.1 Å². The molecule has 0 saturated carbocycles. The van der Waals surface area contributed by atoms with Crippen molar-refractivity contribution in [1.82, 2.24) is 59.0 Å². The number of nitrogens with one attached hydrogen (secondary N) is 3. The van der Waals surface area contributed by atoms with Gasteiger partial charge in [-0.05, 0) is 68.3 Å². The maximum Gasteiger partial charge on any atom is 0.261 e. The van der Waals surface area contributed by atoms with Crippen molar-refractivity contribution in [2.24, 2.45) is 4.99 Å². The molecule has 2 saturated heterocycles. The van der Waals surface area contributed by atoms with Gasteiger partial charge in [-0.2, -0.15) is 10.5 Å². The van der Waals surface area contributed by atoms with Gasteiger partial charge < -0.3 is 37.8 Å². The van der Waals surface area contributed by atoms with E-state index in [2.05, 4.69) is 117 Å². The number of aliphatic imine (C=N–C) groups is 1. The first-order chi connectivity index (χ1) is 42.3. The van der Waals surface area contributed by atoms with Crippen molar-refractivity contribution in [3.8, 4) is 12.1 Å². The highest BCUT2D eigenvalue weighted by Gasteiger charge is 2.47. The lowest BCUT2D eigenvalue weighted by atomic mass is 9.76. The van der Waals surface area contributed by atoms with Crippen molar-refractivity contribution in [3.05, 3.63) is 169 Å². The Balaban J connectivity index is 1.00. The maximum absolute atomic E-state index is 13.4. The van der Waals surface area contributed by atoms with Gasteiger partial charge in [0.15, 0.2) is 34.0 Å². The largest absolute Gasteiger partial charge is 0.369 e. The molecule has 4 aromatic carbocycles. The molecule has 0 spiro atoms. The highest BCUT2D eigenvalue weighted by Crippen LogP contribution is 2.51. The molecule has 6 heterocycles. The summed E-state index contributed by atoms with van der Waals surface area (Å²) < 4.78 is 46.7. The minimum atomic E-state index is -3.65. The highest BCUT2D eigenvalue weighted by molar-refractivity contribution is 8.09. The van der Waals surface area contributed by atoms with Crippen LogP contribution < -0.4 is 15.7 Å². The van der Waals surface area contributed by atoms with Crippen LogP contribution in [0.4, 0.5) is 11.6 Å². The van der Waals surface area contributed by atoms with Crippen LogP contribution in [0.5, 0.6) is 0 Å². The number of fused-ring (bicyclic) bond motifs is 2. The first-order valence-electron chi connectivity index (χ1n) is 28.7. The van der Waals surface area contributed by atoms with Gasteiger partial charge in [0.25, 0.3) is 21.1 Å². The van der Waals surface area contributed by atoms with Crippen LogP contribution in [0, 0.1) is 22.7 Å². The zero-order chi connectivity index (χ0) is 60.9. The van der Waals surface area contributed by atoms with E-state index < -0.39 is 57.5 Å². The first kappa shape index (κ1) is 62.7. The Morgan fingerprint density at radius 1 is 0.724 bits per heavy atom. The number of rotatable bonds is 28. The topological polar surface area (TPSA) is 262 Å². The van der Waals surface area contributed by atoms with Crippen LogP contribution in [0.2, 0.25) is 0 Å². The van der Waals surface area contributed by atoms with E-state index >= 15 is 0 Å². The molecule has 10 rings (SSSR count). The van der Waals surface area contributed by atoms with Gasteiger partial charge in [0.05, 0.1) is 88.1 Å². The molecule has 2 aliphatic rings. The monoisotopic (exact) mass is 1230 g/mol. The zero-order valence-electron chi connectivity index (χ0n) is 49.2. The van der Waals surface area contributed by atoms with Crippen molar-refractivity contribution in [1.29, 1.82) is 10.5 Å². The molecule has 2 aliphatic heterocycles. The molecule has 452 valence electrons. The molecule has 0 radical (unpaired) electrons. The lowest BCUT2D eigenvalue weighted by Crippen LogP contribution is -2.53. The SMILES string of the molecule is CC(C)N(C(C)C)P(OCCC#N)OC[C@H]1O[C@@H](n2cnc3c(NC(=O)c4ccccc4)ncnc32)C[C@H]1NP(=S)(OCCC#N)OC[C@H]1O[C@@H](n2cnc3c(/N=C\N(C)C)ncnc32)C[C@H]1NC(c1ccccc1)(c1ccccc1)c1ccccc1. The fourth-order valence-electron chi connectivity index (χ4n) is 10.9. The molecule has 0 bridgehead atoms. The molecule has 3 N–H and O–H groups in total. The minimum Gasteiger partial charge on any atom is -0.369 e. The Hall–Kier alpha value is -7.38. The Morgan fingerprint density at radius 2 is 1.25 bits per heavy atom. The normalized spacial score (nSPS) is 19.9. The molecule has 4 aromatic heterocycles. The third kappa shape index (κ3) is 14.6. The smallest absolute Gasteiger partial charge is 0.261 e. The summed E-state index contributed by atoms with van der Waals surface area (Å²) in [6.07, 6.45) is 5.93. The molecule has 87 heavy (non-hydrogen) atoms. The average Bonchev–Trinajstić information content (AvgIpc) is 2.04. The molecular formula is C61H70N16O7P2S. The van der Waals surface area contributed by atoms with E-state index in [1.807, 2.05) is 84.2 Å². The molecule has 2 fully saturated rings. The van der Waals surface area contributed by atoms with Crippen molar-refractivity contribution >= 4 is 73.2 Å². The summed E-state index contributed by atoms with van der Waals surface area (Å²) in [6, 6.07) is 43.2. The highest BCUT2D eigenvalue weighted by atomic mass is 32.5. The van der Waals surface area contributed by atoms with E-state index in [0.29, 0.717) is 40.1 Å². The summed E-state index contributed by atoms with van der Waals surface area (Å²) in [7, 11) is 2.06. The van der Waals surface area contributed by atoms with Gasteiger partial charge in [0, 0.05) is 56.7 Å². The number of ether oxygens (including phenoxy) is 2. The van der Waals surface area contributed by atoms with Gasteiger partial charge >= 0.3 is 0 Å². The lowest BCUT2D eigenvalue weighted by Gasteiger charge is -2.40. The number of hydrogen-bond donors (Lipinski definition) is 3. The predicted octanol–water partition coefficient (Wildman–Crippen LogP) is 10.1.